The normalized spacial score (nSPS) is 11.3. The SMILES string of the molecule is c1ccc(-c2nc(-c3ccccc3)nc(-c3ccc(-c4ccc(-c5sc6c(c(-c7ccccc7)nc7ccccc76)c5-c5ccccc5)cc4)cc3)n2)cc1. The van der Waals surface area contributed by atoms with Crippen LogP contribution in [0.4, 0.5) is 0 Å². The fourth-order valence-electron chi connectivity index (χ4n) is 7.24. The van der Waals surface area contributed by atoms with Crippen molar-refractivity contribution in [2.45, 2.75) is 0 Å². The van der Waals surface area contributed by atoms with Crippen LogP contribution in [0.15, 0.2) is 194 Å². The van der Waals surface area contributed by atoms with Crippen LogP contribution in [0.1, 0.15) is 0 Å². The summed E-state index contributed by atoms with van der Waals surface area (Å²) in [6.07, 6.45) is 0. The van der Waals surface area contributed by atoms with Crippen LogP contribution in [0, 0.1) is 0 Å². The summed E-state index contributed by atoms with van der Waals surface area (Å²) in [7, 11) is 0. The fourth-order valence-corrected chi connectivity index (χ4v) is 8.60. The summed E-state index contributed by atoms with van der Waals surface area (Å²) in [4.78, 5) is 21.2. The molecule has 7 aromatic carbocycles. The number of thiophene rings is 1. The van der Waals surface area contributed by atoms with Gasteiger partial charge in [-0.25, -0.2) is 19.9 Å². The highest BCUT2D eigenvalue weighted by atomic mass is 32.1. The van der Waals surface area contributed by atoms with E-state index in [-0.39, 0.29) is 0 Å². The smallest absolute Gasteiger partial charge is 0.164 e. The molecule has 5 heteroatoms. The molecule has 0 amide bonds. The van der Waals surface area contributed by atoms with Gasteiger partial charge in [-0.05, 0) is 28.3 Å². The Morgan fingerprint density at radius 1 is 0.309 bits per heavy atom. The minimum Gasteiger partial charge on any atom is -0.247 e. The Hall–Kier alpha value is -7.08. The first-order valence-electron chi connectivity index (χ1n) is 18.3. The lowest BCUT2D eigenvalue weighted by Gasteiger charge is -2.11. The molecule has 0 unspecified atom stereocenters. The molecule has 0 N–H and O–H groups in total. The molecule has 0 fully saturated rings. The summed E-state index contributed by atoms with van der Waals surface area (Å²) in [6, 6.07) is 67.4. The van der Waals surface area contributed by atoms with Crippen molar-refractivity contribution in [3.8, 4) is 78.1 Å². The summed E-state index contributed by atoms with van der Waals surface area (Å²) in [6.45, 7) is 0. The largest absolute Gasteiger partial charge is 0.247 e. The minimum atomic E-state index is 0.643. The van der Waals surface area contributed by atoms with Crippen molar-refractivity contribution in [2.75, 3.05) is 0 Å². The highest BCUT2D eigenvalue weighted by Gasteiger charge is 2.22. The van der Waals surface area contributed by atoms with Gasteiger partial charge in [-0.15, -0.1) is 11.3 Å². The average Bonchev–Trinajstić information content (AvgIpc) is 3.68. The molecule has 0 spiro atoms. The van der Waals surface area contributed by atoms with Crippen molar-refractivity contribution in [1.29, 1.82) is 0 Å². The van der Waals surface area contributed by atoms with E-state index in [2.05, 4.69) is 133 Å². The number of fused-ring (bicyclic) bond motifs is 3. The standard InChI is InChI=1S/C50H32N4S/c1-5-15-35(16-6-1)43-44-45(36-17-7-2-8-18-36)51-42-24-14-13-23-41(42)47(44)55-46(43)37-29-25-33(26-30-37)34-27-31-40(32-28-34)50-53-48(38-19-9-3-10-20-38)52-49(54-50)39-21-11-4-12-22-39/h1-32H. The maximum absolute atomic E-state index is 5.28. The Morgan fingerprint density at radius 2 is 0.709 bits per heavy atom. The molecule has 0 bridgehead atoms. The zero-order valence-electron chi connectivity index (χ0n) is 29.7. The van der Waals surface area contributed by atoms with Crippen LogP contribution in [-0.2, 0) is 0 Å². The molecule has 10 rings (SSSR count). The van der Waals surface area contributed by atoms with Crippen molar-refractivity contribution < 1.29 is 0 Å². The number of hydrogen-bond acceptors (Lipinski definition) is 5. The molecule has 0 saturated heterocycles. The van der Waals surface area contributed by atoms with Crippen LogP contribution in [0.5, 0.6) is 0 Å². The maximum atomic E-state index is 5.28. The number of aromatic nitrogens is 4. The van der Waals surface area contributed by atoms with E-state index in [1.165, 1.54) is 37.0 Å². The van der Waals surface area contributed by atoms with Crippen molar-refractivity contribution in [3.05, 3.63) is 194 Å². The average molecular weight is 721 g/mol. The molecule has 258 valence electrons. The molecule has 0 aliphatic heterocycles. The Labute approximate surface area is 323 Å². The summed E-state index contributed by atoms with van der Waals surface area (Å²) < 4.78 is 1.25. The third kappa shape index (κ3) is 6.17. The van der Waals surface area contributed by atoms with Gasteiger partial charge in [0, 0.05) is 48.2 Å². The van der Waals surface area contributed by atoms with Crippen LogP contribution in [0.25, 0.3) is 99.1 Å². The van der Waals surface area contributed by atoms with Gasteiger partial charge in [0.2, 0.25) is 0 Å². The molecule has 3 heterocycles. The first-order chi connectivity index (χ1) is 27.3. The number of rotatable bonds is 7. The molecule has 3 aromatic heterocycles. The molecule has 10 aromatic rings. The Kier molecular flexibility index (Phi) is 8.32. The molecule has 55 heavy (non-hydrogen) atoms. The van der Waals surface area contributed by atoms with Gasteiger partial charge in [0.05, 0.1) is 11.2 Å². The van der Waals surface area contributed by atoms with Gasteiger partial charge in [0.25, 0.3) is 0 Å². The fraction of sp³-hybridized carbons (Fsp3) is 0. The van der Waals surface area contributed by atoms with Gasteiger partial charge in [0.15, 0.2) is 17.5 Å². The highest BCUT2D eigenvalue weighted by molar-refractivity contribution is 7.24. The van der Waals surface area contributed by atoms with E-state index >= 15 is 0 Å². The molecule has 0 atom stereocenters. The monoisotopic (exact) mass is 720 g/mol. The number of hydrogen-bond donors (Lipinski definition) is 0. The first kappa shape index (κ1) is 32.6. The highest BCUT2D eigenvalue weighted by Crippen LogP contribution is 2.50. The molecule has 0 aliphatic rings. The molecule has 0 saturated carbocycles. The van der Waals surface area contributed by atoms with Crippen molar-refractivity contribution in [2.24, 2.45) is 0 Å². The Morgan fingerprint density at radius 3 is 1.24 bits per heavy atom. The Bertz CT molecular complexity index is 2870. The second-order valence-corrected chi connectivity index (χ2v) is 14.4. The summed E-state index contributed by atoms with van der Waals surface area (Å²) >= 11 is 1.85. The lowest BCUT2D eigenvalue weighted by molar-refractivity contribution is 1.07. The third-order valence-electron chi connectivity index (χ3n) is 9.96. The summed E-state index contributed by atoms with van der Waals surface area (Å²) in [5.41, 5.74) is 11.8. The van der Waals surface area contributed by atoms with Gasteiger partial charge >= 0.3 is 0 Å². The molecular formula is C50H32N4S. The van der Waals surface area contributed by atoms with Gasteiger partial charge in [-0.3, -0.25) is 0 Å². The quantitative estimate of drug-likeness (QED) is 0.164. The molecule has 0 radical (unpaired) electrons. The van der Waals surface area contributed by atoms with Crippen molar-refractivity contribution in [1.82, 2.24) is 19.9 Å². The van der Waals surface area contributed by atoms with Gasteiger partial charge in [0.1, 0.15) is 0 Å². The van der Waals surface area contributed by atoms with E-state index in [0.29, 0.717) is 17.5 Å². The van der Waals surface area contributed by atoms with E-state index in [9.17, 15) is 0 Å². The van der Waals surface area contributed by atoms with Gasteiger partial charge < -0.3 is 0 Å². The van der Waals surface area contributed by atoms with Crippen LogP contribution in [0.3, 0.4) is 0 Å². The zero-order chi connectivity index (χ0) is 36.6. The summed E-state index contributed by atoms with van der Waals surface area (Å²) in [5, 5.41) is 2.37. The number of para-hydroxylation sites is 1. The van der Waals surface area contributed by atoms with E-state index in [1.54, 1.807) is 0 Å². The second-order valence-electron chi connectivity index (χ2n) is 13.4. The topological polar surface area (TPSA) is 51.6 Å². The lowest BCUT2D eigenvalue weighted by Crippen LogP contribution is -2.00. The van der Waals surface area contributed by atoms with Gasteiger partial charge in [-0.1, -0.05) is 188 Å². The minimum absolute atomic E-state index is 0.643. The predicted molar refractivity (Wildman–Crippen MR) is 229 cm³/mol. The Balaban J connectivity index is 1.05. The molecule has 0 aliphatic carbocycles. The lowest BCUT2D eigenvalue weighted by atomic mass is 9.94. The van der Waals surface area contributed by atoms with Crippen LogP contribution in [0.2, 0.25) is 0 Å². The number of pyridine rings is 1. The third-order valence-corrected chi connectivity index (χ3v) is 11.2. The van der Waals surface area contributed by atoms with Gasteiger partial charge in [-0.2, -0.15) is 0 Å². The van der Waals surface area contributed by atoms with Crippen molar-refractivity contribution >= 4 is 32.3 Å². The van der Waals surface area contributed by atoms with Crippen LogP contribution in [-0.4, -0.2) is 19.9 Å². The van der Waals surface area contributed by atoms with E-state index in [4.69, 9.17) is 19.9 Å². The zero-order valence-corrected chi connectivity index (χ0v) is 30.5. The molecule has 4 nitrogen and oxygen atoms in total. The number of benzene rings is 7. The number of nitrogens with zero attached hydrogens (tertiary/aromatic N) is 4. The summed E-state index contributed by atoms with van der Waals surface area (Å²) in [5.74, 6) is 1.95. The maximum Gasteiger partial charge on any atom is 0.164 e. The van der Waals surface area contributed by atoms with Crippen molar-refractivity contribution in [3.63, 3.8) is 0 Å². The van der Waals surface area contributed by atoms with Crippen LogP contribution >= 0.6 is 11.3 Å². The van der Waals surface area contributed by atoms with E-state index in [0.717, 1.165) is 44.6 Å². The second kappa shape index (κ2) is 14.0. The predicted octanol–water partition coefficient (Wildman–Crippen LogP) is 13.3. The van der Waals surface area contributed by atoms with E-state index in [1.807, 2.05) is 72.0 Å². The van der Waals surface area contributed by atoms with Crippen LogP contribution < -0.4 is 0 Å². The van der Waals surface area contributed by atoms with E-state index < -0.39 is 0 Å². The first-order valence-corrected chi connectivity index (χ1v) is 19.1. The molecular weight excluding hydrogens is 689 g/mol.